The number of ether oxygens (including phenoxy) is 1. The summed E-state index contributed by atoms with van der Waals surface area (Å²) in [5.41, 5.74) is -0.721. The summed E-state index contributed by atoms with van der Waals surface area (Å²) < 4.78 is 13.0. The predicted octanol–water partition coefficient (Wildman–Crippen LogP) is 3.72. The Morgan fingerprint density at radius 3 is 2.20 bits per heavy atom. The molecule has 4 atom stereocenters. The lowest BCUT2D eigenvalue weighted by molar-refractivity contribution is -0.101. The highest BCUT2D eigenvalue weighted by Crippen LogP contribution is 2.56. The Kier molecular flexibility index (Phi) is 3.74. The first-order chi connectivity index (χ1) is 8.84. The monoisotopic (exact) mass is 300 g/mol. The van der Waals surface area contributed by atoms with Crippen LogP contribution in [0.4, 0.5) is 0 Å². The van der Waals surface area contributed by atoms with Crippen LogP contribution in [0.3, 0.4) is 0 Å². The van der Waals surface area contributed by atoms with Gasteiger partial charge in [-0.2, -0.15) is 0 Å². The van der Waals surface area contributed by atoms with E-state index in [1.165, 1.54) is 0 Å². The standard InChI is InChI=1S/C16H32O3Si/c1-11(2)16-10-13(15(6,19-16)9-12(16)17)18-20(7,8)14(3,4)5/h11-13,17H,9-10H2,1-8H3/t12-,13+,15-,16+/m0/s1. The fraction of sp³-hybridized carbons (Fsp3) is 1.00. The van der Waals surface area contributed by atoms with Gasteiger partial charge in [-0.3, -0.25) is 0 Å². The molecule has 0 unspecified atom stereocenters. The number of hydrogen-bond acceptors (Lipinski definition) is 3. The quantitative estimate of drug-likeness (QED) is 0.807. The summed E-state index contributed by atoms with van der Waals surface area (Å²) in [6.45, 7) is 17.8. The Hall–Kier alpha value is 0.0969. The second kappa shape index (κ2) is 4.54. The zero-order chi connectivity index (χ0) is 15.6. The lowest BCUT2D eigenvalue weighted by atomic mass is 9.74. The first-order valence-corrected chi connectivity index (χ1v) is 10.8. The van der Waals surface area contributed by atoms with Crippen molar-refractivity contribution in [1.29, 1.82) is 0 Å². The summed E-state index contributed by atoms with van der Waals surface area (Å²) in [4.78, 5) is 0. The Bertz CT molecular complexity index is 388. The van der Waals surface area contributed by atoms with Crippen molar-refractivity contribution in [2.45, 2.75) is 95.9 Å². The van der Waals surface area contributed by atoms with Crippen molar-refractivity contribution in [3.05, 3.63) is 0 Å². The van der Waals surface area contributed by atoms with Gasteiger partial charge in [0.05, 0.1) is 23.4 Å². The van der Waals surface area contributed by atoms with Crippen LogP contribution in [0.25, 0.3) is 0 Å². The minimum Gasteiger partial charge on any atom is -0.411 e. The molecule has 0 radical (unpaired) electrons. The third kappa shape index (κ3) is 2.29. The predicted molar refractivity (Wildman–Crippen MR) is 84.4 cm³/mol. The van der Waals surface area contributed by atoms with Crippen molar-refractivity contribution >= 4 is 8.32 Å². The number of rotatable bonds is 3. The Balaban J connectivity index is 2.22. The number of aliphatic hydroxyl groups is 1. The Morgan fingerprint density at radius 1 is 1.25 bits per heavy atom. The Labute approximate surface area is 125 Å². The number of aliphatic hydroxyl groups excluding tert-OH is 1. The van der Waals surface area contributed by atoms with Crippen LogP contribution in [0.1, 0.15) is 54.4 Å². The molecule has 3 nitrogen and oxygen atoms in total. The van der Waals surface area contributed by atoms with Gasteiger partial charge < -0.3 is 14.3 Å². The van der Waals surface area contributed by atoms with Gasteiger partial charge in [0.1, 0.15) is 0 Å². The first-order valence-electron chi connectivity index (χ1n) is 7.90. The molecule has 2 aliphatic heterocycles. The molecule has 0 aromatic heterocycles. The largest absolute Gasteiger partial charge is 0.411 e. The highest BCUT2D eigenvalue weighted by atomic mass is 28.4. The Morgan fingerprint density at radius 2 is 1.80 bits per heavy atom. The molecule has 0 spiro atoms. The zero-order valence-corrected chi connectivity index (χ0v) is 15.4. The molecular formula is C16H32O3Si. The second-order valence-corrected chi connectivity index (χ2v) is 13.6. The van der Waals surface area contributed by atoms with Gasteiger partial charge in [-0.1, -0.05) is 34.6 Å². The smallest absolute Gasteiger partial charge is 0.192 e. The third-order valence-electron chi connectivity index (χ3n) is 5.99. The molecule has 2 fully saturated rings. The molecule has 4 heteroatoms. The molecule has 0 aromatic rings. The van der Waals surface area contributed by atoms with Crippen molar-refractivity contribution in [3.63, 3.8) is 0 Å². The first kappa shape index (κ1) is 16.5. The van der Waals surface area contributed by atoms with E-state index in [1.54, 1.807) is 0 Å². The molecule has 2 bridgehead atoms. The highest BCUT2D eigenvalue weighted by molar-refractivity contribution is 6.74. The minimum atomic E-state index is -1.81. The maximum absolute atomic E-state index is 10.4. The molecule has 0 saturated carbocycles. The van der Waals surface area contributed by atoms with Crippen molar-refractivity contribution in [2.75, 3.05) is 0 Å². The van der Waals surface area contributed by atoms with E-state index in [9.17, 15) is 5.11 Å². The van der Waals surface area contributed by atoms with Crippen LogP contribution >= 0.6 is 0 Å². The SMILES string of the molecule is CC(C)[C@]12C[C@@H](O[Si](C)(C)C(C)(C)C)[C@](C)(C[C@@H]1O)O2. The van der Waals surface area contributed by atoms with E-state index < -0.39 is 13.9 Å². The van der Waals surface area contributed by atoms with Gasteiger partial charge in [-0.05, 0) is 31.0 Å². The van der Waals surface area contributed by atoms with Gasteiger partial charge >= 0.3 is 0 Å². The van der Waals surface area contributed by atoms with Crippen molar-refractivity contribution in [2.24, 2.45) is 5.92 Å². The molecule has 0 aromatic carbocycles. The maximum atomic E-state index is 10.4. The van der Waals surface area contributed by atoms with Gasteiger partial charge in [-0.25, -0.2) is 0 Å². The van der Waals surface area contributed by atoms with Gasteiger partial charge in [0.25, 0.3) is 0 Å². The minimum absolute atomic E-state index is 0.120. The van der Waals surface area contributed by atoms with E-state index in [0.29, 0.717) is 12.3 Å². The fourth-order valence-electron chi connectivity index (χ4n) is 3.42. The van der Waals surface area contributed by atoms with E-state index >= 15 is 0 Å². The van der Waals surface area contributed by atoms with Crippen LogP contribution < -0.4 is 0 Å². The zero-order valence-electron chi connectivity index (χ0n) is 14.4. The summed E-state index contributed by atoms with van der Waals surface area (Å²) >= 11 is 0. The van der Waals surface area contributed by atoms with Crippen LogP contribution in [0.15, 0.2) is 0 Å². The molecule has 2 aliphatic rings. The van der Waals surface area contributed by atoms with Gasteiger partial charge in [0.15, 0.2) is 8.32 Å². The normalized spacial score (nSPS) is 41.7. The summed E-state index contributed by atoms with van der Waals surface area (Å²) in [6, 6.07) is 0. The fourth-order valence-corrected chi connectivity index (χ4v) is 4.82. The van der Waals surface area contributed by atoms with Crippen molar-refractivity contribution < 1.29 is 14.3 Å². The molecule has 0 aliphatic carbocycles. The van der Waals surface area contributed by atoms with Crippen molar-refractivity contribution in [1.82, 2.24) is 0 Å². The molecule has 1 N–H and O–H groups in total. The summed E-state index contributed by atoms with van der Waals surface area (Å²) in [5.74, 6) is 0.312. The van der Waals surface area contributed by atoms with Crippen LogP contribution in [-0.4, -0.2) is 36.8 Å². The second-order valence-electron chi connectivity index (χ2n) is 8.82. The van der Waals surface area contributed by atoms with Gasteiger partial charge in [-0.15, -0.1) is 0 Å². The molecule has 0 amide bonds. The average Bonchev–Trinajstić information content (AvgIpc) is 2.64. The van der Waals surface area contributed by atoms with Crippen LogP contribution in [0.2, 0.25) is 18.1 Å². The van der Waals surface area contributed by atoms with E-state index in [4.69, 9.17) is 9.16 Å². The maximum Gasteiger partial charge on any atom is 0.192 e. The van der Waals surface area contributed by atoms with E-state index in [1.807, 2.05) is 0 Å². The van der Waals surface area contributed by atoms with Crippen molar-refractivity contribution in [3.8, 4) is 0 Å². The van der Waals surface area contributed by atoms with Crippen LogP contribution in [0.5, 0.6) is 0 Å². The molecular weight excluding hydrogens is 268 g/mol. The van der Waals surface area contributed by atoms with Gasteiger partial charge in [0.2, 0.25) is 0 Å². The van der Waals surface area contributed by atoms with E-state index in [-0.39, 0.29) is 22.8 Å². The summed E-state index contributed by atoms with van der Waals surface area (Å²) in [5, 5.41) is 10.6. The molecule has 2 heterocycles. The topological polar surface area (TPSA) is 38.7 Å². The molecule has 118 valence electrons. The van der Waals surface area contributed by atoms with Crippen LogP contribution in [-0.2, 0) is 9.16 Å². The van der Waals surface area contributed by atoms with E-state index in [2.05, 4.69) is 54.6 Å². The molecule has 2 saturated heterocycles. The number of fused-ring (bicyclic) bond motifs is 2. The molecule has 20 heavy (non-hydrogen) atoms. The lowest BCUT2D eigenvalue weighted by Gasteiger charge is -2.43. The van der Waals surface area contributed by atoms with E-state index in [0.717, 1.165) is 6.42 Å². The number of hydrogen-bond donors (Lipinski definition) is 1. The molecule has 2 rings (SSSR count). The summed E-state index contributed by atoms with van der Waals surface area (Å²) in [7, 11) is -1.81. The third-order valence-corrected chi connectivity index (χ3v) is 10.5. The highest BCUT2D eigenvalue weighted by Gasteiger charge is 2.66. The van der Waals surface area contributed by atoms with Gasteiger partial charge in [0, 0.05) is 12.8 Å². The summed E-state index contributed by atoms with van der Waals surface area (Å²) in [6.07, 6.45) is 1.29. The van der Waals surface area contributed by atoms with Crippen LogP contribution in [0, 0.1) is 5.92 Å². The lowest BCUT2D eigenvalue weighted by Crippen LogP contribution is -2.52. The average molecular weight is 301 g/mol.